The number of rotatable bonds is 4. The molecule has 0 aliphatic rings. The molecule has 0 saturated carbocycles. The molecule has 0 radical (unpaired) electrons. The third kappa shape index (κ3) is 2.83. The lowest BCUT2D eigenvalue weighted by Gasteiger charge is -2.18. The molecule has 100 valence electrons. The first kappa shape index (κ1) is 12.8. The first-order valence-corrected chi connectivity index (χ1v) is 6.67. The molecule has 1 unspecified atom stereocenters. The number of hydrogen-bond acceptors (Lipinski definition) is 3. The highest BCUT2D eigenvalue weighted by Crippen LogP contribution is 2.27. The van der Waals surface area contributed by atoms with E-state index in [1.807, 2.05) is 36.4 Å². The average molecular weight is 285 g/mol. The molecule has 0 aliphatic heterocycles. The van der Waals surface area contributed by atoms with Crippen LogP contribution in [0.3, 0.4) is 0 Å². The van der Waals surface area contributed by atoms with Gasteiger partial charge in [0.2, 0.25) is 0 Å². The molecule has 1 atom stereocenters. The second-order valence-corrected chi connectivity index (χ2v) is 4.76. The number of benzene rings is 1. The maximum absolute atomic E-state index is 5.92. The van der Waals surface area contributed by atoms with Crippen molar-refractivity contribution < 1.29 is 4.42 Å². The molecule has 2 aromatic heterocycles. The van der Waals surface area contributed by atoms with Crippen LogP contribution < -0.4 is 5.32 Å². The van der Waals surface area contributed by atoms with Crippen LogP contribution in [0.1, 0.15) is 17.4 Å². The molecule has 1 aromatic carbocycles. The van der Waals surface area contributed by atoms with Gasteiger partial charge in [0.1, 0.15) is 17.0 Å². The molecule has 2 heterocycles. The minimum absolute atomic E-state index is 0.0651. The quantitative estimate of drug-likeness (QED) is 0.715. The summed E-state index contributed by atoms with van der Waals surface area (Å²) in [6, 6.07) is 17.6. The van der Waals surface area contributed by atoms with E-state index in [4.69, 9.17) is 16.0 Å². The Labute approximate surface area is 122 Å². The molecule has 0 bridgehead atoms. The van der Waals surface area contributed by atoms with Crippen molar-refractivity contribution in [3.63, 3.8) is 0 Å². The van der Waals surface area contributed by atoms with Crippen molar-refractivity contribution in [2.45, 2.75) is 6.04 Å². The minimum Gasteiger partial charge on any atom is -0.467 e. The summed E-state index contributed by atoms with van der Waals surface area (Å²) in [5.74, 6) is 0.851. The van der Waals surface area contributed by atoms with Gasteiger partial charge < -0.3 is 9.73 Å². The summed E-state index contributed by atoms with van der Waals surface area (Å²) >= 11 is 5.92. The van der Waals surface area contributed by atoms with Gasteiger partial charge in [-0.15, -0.1) is 0 Å². The number of pyridine rings is 1. The molecule has 0 aliphatic carbocycles. The van der Waals surface area contributed by atoms with Crippen LogP contribution >= 0.6 is 11.6 Å². The molecule has 0 amide bonds. The van der Waals surface area contributed by atoms with Gasteiger partial charge in [0.05, 0.1) is 6.26 Å². The molecule has 3 nitrogen and oxygen atoms in total. The topological polar surface area (TPSA) is 38.1 Å². The molecule has 3 rings (SSSR count). The first-order chi connectivity index (χ1) is 9.83. The third-order valence-electron chi connectivity index (χ3n) is 3.00. The summed E-state index contributed by atoms with van der Waals surface area (Å²) in [6.07, 6.45) is 3.35. The van der Waals surface area contributed by atoms with Crippen molar-refractivity contribution in [2.75, 3.05) is 5.32 Å². The maximum Gasteiger partial charge on any atom is 0.131 e. The Bertz CT molecular complexity index is 668. The van der Waals surface area contributed by atoms with Gasteiger partial charge in [-0.3, -0.25) is 0 Å². The lowest BCUT2D eigenvalue weighted by Crippen LogP contribution is -2.11. The Morgan fingerprint density at radius 2 is 1.90 bits per heavy atom. The van der Waals surface area contributed by atoms with Gasteiger partial charge in [0, 0.05) is 11.9 Å². The van der Waals surface area contributed by atoms with Gasteiger partial charge in [-0.1, -0.05) is 41.9 Å². The van der Waals surface area contributed by atoms with E-state index >= 15 is 0 Å². The molecule has 0 fully saturated rings. The Morgan fingerprint density at radius 1 is 1.05 bits per heavy atom. The number of anilines is 1. The van der Waals surface area contributed by atoms with Crippen LogP contribution in [0, 0.1) is 0 Å². The summed E-state index contributed by atoms with van der Waals surface area (Å²) in [7, 11) is 0. The van der Waals surface area contributed by atoms with Crippen molar-refractivity contribution in [2.24, 2.45) is 0 Å². The molecular weight excluding hydrogens is 272 g/mol. The molecule has 4 heteroatoms. The Hall–Kier alpha value is -2.26. The number of halogens is 1. The van der Waals surface area contributed by atoms with Crippen molar-refractivity contribution >= 4 is 17.3 Å². The smallest absolute Gasteiger partial charge is 0.131 e. The van der Waals surface area contributed by atoms with Crippen molar-refractivity contribution in [1.29, 1.82) is 0 Å². The zero-order chi connectivity index (χ0) is 13.8. The lowest BCUT2D eigenvalue weighted by atomic mass is 10.0. The van der Waals surface area contributed by atoms with Crippen molar-refractivity contribution in [1.82, 2.24) is 4.98 Å². The van der Waals surface area contributed by atoms with Gasteiger partial charge in [-0.2, -0.15) is 0 Å². The second-order valence-electron chi connectivity index (χ2n) is 4.37. The van der Waals surface area contributed by atoms with E-state index in [9.17, 15) is 0 Å². The molecule has 0 saturated heterocycles. The van der Waals surface area contributed by atoms with Crippen LogP contribution in [0.15, 0.2) is 71.5 Å². The van der Waals surface area contributed by atoms with Crippen LogP contribution in [-0.2, 0) is 0 Å². The van der Waals surface area contributed by atoms with Crippen LogP contribution in [0.25, 0.3) is 0 Å². The lowest BCUT2D eigenvalue weighted by molar-refractivity contribution is 0.499. The molecule has 1 N–H and O–H groups in total. The highest BCUT2D eigenvalue weighted by molar-refractivity contribution is 6.29. The fourth-order valence-corrected chi connectivity index (χ4v) is 2.25. The SMILES string of the molecule is Clc1cc(NC(c2ccccc2)c2ccco2)ccn1. The molecule has 20 heavy (non-hydrogen) atoms. The number of hydrogen-bond donors (Lipinski definition) is 1. The van der Waals surface area contributed by atoms with E-state index in [0.29, 0.717) is 5.15 Å². The van der Waals surface area contributed by atoms with E-state index in [0.717, 1.165) is 17.0 Å². The third-order valence-corrected chi connectivity index (χ3v) is 3.20. The fraction of sp³-hybridized carbons (Fsp3) is 0.0625. The van der Waals surface area contributed by atoms with E-state index in [1.165, 1.54) is 0 Å². The average Bonchev–Trinajstić information content (AvgIpc) is 3.00. The van der Waals surface area contributed by atoms with E-state index in [2.05, 4.69) is 22.4 Å². The fourth-order valence-electron chi connectivity index (χ4n) is 2.08. The normalized spacial score (nSPS) is 12.1. The van der Waals surface area contributed by atoms with Crippen LogP contribution in [0.4, 0.5) is 5.69 Å². The summed E-state index contributed by atoms with van der Waals surface area (Å²) in [4.78, 5) is 3.98. The zero-order valence-corrected chi connectivity index (χ0v) is 11.4. The Kier molecular flexibility index (Phi) is 3.70. The number of nitrogens with zero attached hydrogens (tertiary/aromatic N) is 1. The van der Waals surface area contributed by atoms with Gasteiger partial charge in [-0.05, 0) is 29.8 Å². The van der Waals surface area contributed by atoms with Gasteiger partial charge in [0.25, 0.3) is 0 Å². The first-order valence-electron chi connectivity index (χ1n) is 6.29. The summed E-state index contributed by atoms with van der Waals surface area (Å²) in [6.45, 7) is 0. The largest absolute Gasteiger partial charge is 0.467 e. The highest BCUT2D eigenvalue weighted by Gasteiger charge is 2.16. The number of aromatic nitrogens is 1. The highest BCUT2D eigenvalue weighted by atomic mass is 35.5. The van der Waals surface area contributed by atoms with E-state index in [-0.39, 0.29) is 6.04 Å². The predicted molar refractivity (Wildman–Crippen MR) is 79.9 cm³/mol. The van der Waals surface area contributed by atoms with Crippen LogP contribution in [-0.4, -0.2) is 4.98 Å². The number of furan rings is 1. The standard InChI is InChI=1S/C16H13ClN2O/c17-15-11-13(8-9-18-15)19-16(14-7-4-10-20-14)12-5-2-1-3-6-12/h1-11,16H,(H,18,19). The van der Waals surface area contributed by atoms with Crippen LogP contribution in [0.5, 0.6) is 0 Å². The molecule has 0 spiro atoms. The monoisotopic (exact) mass is 284 g/mol. The second kappa shape index (κ2) is 5.80. The van der Waals surface area contributed by atoms with Gasteiger partial charge in [0.15, 0.2) is 0 Å². The number of nitrogens with one attached hydrogen (secondary N) is 1. The maximum atomic E-state index is 5.92. The predicted octanol–water partition coefficient (Wildman–Crippen LogP) is 4.53. The summed E-state index contributed by atoms with van der Waals surface area (Å²) in [5, 5.41) is 3.88. The van der Waals surface area contributed by atoms with Gasteiger partial charge in [-0.25, -0.2) is 4.98 Å². The van der Waals surface area contributed by atoms with Crippen LogP contribution in [0.2, 0.25) is 5.15 Å². The summed E-state index contributed by atoms with van der Waals surface area (Å²) in [5.41, 5.74) is 2.02. The Balaban J connectivity index is 1.95. The summed E-state index contributed by atoms with van der Waals surface area (Å²) < 4.78 is 5.54. The minimum atomic E-state index is -0.0651. The van der Waals surface area contributed by atoms with E-state index < -0.39 is 0 Å². The van der Waals surface area contributed by atoms with Crippen molar-refractivity contribution in [3.05, 3.63) is 83.5 Å². The van der Waals surface area contributed by atoms with E-state index in [1.54, 1.807) is 18.5 Å². The Morgan fingerprint density at radius 3 is 2.60 bits per heavy atom. The molecular formula is C16H13ClN2O. The van der Waals surface area contributed by atoms with Crippen molar-refractivity contribution in [3.8, 4) is 0 Å². The molecule has 3 aromatic rings. The van der Waals surface area contributed by atoms with Gasteiger partial charge >= 0.3 is 0 Å². The zero-order valence-electron chi connectivity index (χ0n) is 10.7.